The Morgan fingerprint density at radius 1 is 1.19 bits per heavy atom. The van der Waals surface area contributed by atoms with E-state index in [1.807, 2.05) is 13.1 Å². The highest BCUT2D eigenvalue weighted by molar-refractivity contribution is 5.82. The molecule has 112 valence electrons. The van der Waals surface area contributed by atoms with Crippen LogP contribution in [0.5, 0.6) is 5.88 Å². The number of pyridine rings is 1. The topological polar surface area (TPSA) is 34.1 Å². The van der Waals surface area contributed by atoms with Crippen LogP contribution in [0.3, 0.4) is 0 Å². The summed E-state index contributed by atoms with van der Waals surface area (Å²) in [6.45, 7) is 1.65. The summed E-state index contributed by atoms with van der Waals surface area (Å²) in [6, 6.07) is 10.4. The van der Waals surface area contributed by atoms with E-state index in [9.17, 15) is 0 Å². The van der Waals surface area contributed by atoms with Crippen molar-refractivity contribution in [3.05, 3.63) is 35.9 Å². The van der Waals surface area contributed by atoms with Gasteiger partial charge in [0.25, 0.3) is 0 Å². The number of hydrogen-bond acceptors (Lipinski definition) is 3. The van der Waals surface area contributed by atoms with Gasteiger partial charge >= 0.3 is 0 Å². The minimum atomic E-state index is 0.708. The summed E-state index contributed by atoms with van der Waals surface area (Å²) in [6.07, 6.45) is 6.69. The lowest BCUT2D eigenvalue weighted by atomic mass is 9.90. The lowest BCUT2D eigenvalue weighted by Gasteiger charge is -2.21. The Morgan fingerprint density at radius 3 is 2.81 bits per heavy atom. The molecule has 2 aromatic rings. The minimum absolute atomic E-state index is 0.708. The molecule has 1 saturated carbocycles. The van der Waals surface area contributed by atoms with Crippen molar-refractivity contribution in [1.82, 2.24) is 10.3 Å². The SMILES string of the molecule is CNCc1cc(OCC2CCCCC2)nc2ccccc12. The van der Waals surface area contributed by atoms with Crippen LogP contribution in [0.2, 0.25) is 0 Å². The van der Waals surface area contributed by atoms with Crippen molar-refractivity contribution in [2.75, 3.05) is 13.7 Å². The van der Waals surface area contributed by atoms with Gasteiger partial charge < -0.3 is 10.1 Å². The predicted molar refractivity (Wildman–Crippen MR) is 86.6 cm³/mol. The normalized spacial score (nSPS) is 16.2. The number of hydrogen-bond donors (Lipinski definition) is 1. The first kappa shape index (κ1) is 14.3. The lowest BCUT2D eigenvalue weighted by molar-refractivity contribution is 0.203. The number of ether oxygens (including phenoxy) is 1. The Hall–Kier alpha value is -1.61. The van der Waals surface area contributed by atoms with Crippen molar-refractivity contribution in [3.63, 3.8) is 0 Å². The second-order valence-corrected chi connectivity index (χ2v) is 5.98. The van der Waals surface area contributed by atoms with Crippen molar-refractivity contribution >= 4 is 10.9 Å². The summed E-state index contributed by atoms with van der Waals surface area (Å²) in [5, 5.41) is 4.43. The predicted octanol–water partition coefficient (Wildman–Crippen LogP) is 3.91. The molecule has 1 aliphatic carbocycles. The monoisotopic (exact) mass is 284 g/mol. The van der Waals surface area contributed by atoms with Gasteiger partial charge in [0.1, 0.15) is 0 Å². The molecule has 1 aliphatic rings. The zero-order valence-electron chi connectivity index (χ0n) is 12.8. The smallest absolute Gasteiger partial charge is 0.214 e. The number of rotatable bonds is 5. The molecule has 1 fully saturated rings. The third-order valence-corrected chi connectivity index (χ3v) is 4.34. The largest absolute Gasteiger partial charge is 0.477 e. The van der Waals surface area contributed by atoms with Gasteiger partial charge in [0.15, 0.2) is 0 Å². The molecule has 0 radical (unpaired) electrons. The minimum Gasteiger partial charge on any atom is -0.477 e. The summed E-state index contributed by atoms with van der Waals surface area (Å²) < 4.78 is 6.00. The van der Waals surface area contributed by atoms with Crippen molar-refractivity contribution in [2.45, 2.75) is 38.6 Å². The summed E-state index contributed by atoms with van der Waals surface area (Å²) in [5.41, 5.74) is 2.27. The molecule has 3 heteroatoms. The maximum atomic E-state index is 6.00. The third-order valence-electron chi connectivity index (χ3n) is 4.34. The highest BCUT2D eigenvalue weighted by atomic mass is 16.5. The maximum Gasteiger partial charge on any atom is 0.214 e. The van der Waals surface area contributed by atoms with E-state index >= 15 is 0 Å². The van der Waals surface area contributed by atoms with Crippen LogP contribution in [-0.2, 0) is 6.54 Å². The maximum absolute atomic E-state index is 6.00. The Kier molecular flexibility index (Phi) is 4.71. The van der Waals surface area contributed by atoms with E-state index in [1.54, 1.807) is 0 Å². The quantitative estimate of drug-likeness (QED) is 0.903. The third kappa shape index (κ3) is 3.53. The number of fused-ring (bicyclic) bond motifs is 1. The van der Waals surface area contributed by atoms with Gasteiger partial charge in [-0.3, -0.25) is 0 Å². The van der Waals surface area contributed by atoms with E-state index in [4.69, 9.17) is 4.74 Å². The van der Waals surface area contributed by atoms with Crippen molar-refractivity contribution in [1.29, 1.82) is 0 Å². The molecule has 0 amide bonds. The molecule has 1 aromatic carbocycles. The molecule has 3 rings (SSSR count). The summed E-state index contributed by atoms with van der Waals surface area (Å²) in [5.74, 6) is 1.48. The Labute approximate surface area is 126 Å². The van der Waals surface area contributed by atoms with Gasteiger partial charge in [0.2, 0.25) is 5.88 Å². The van der Waals surface area contributed by atoms with Gasteiger partial charge in [-0.15, -0.1) is 0 Å². The van der Waals surface area contributed by atoms with E-state index in [-0.39, 0.29) is 0 Å². The summed E-state index contributed by atoms with van der Waals surface area (Å²) in [4.78, 5) is 4.65. The average molecular weight is 284 g/mol. The van der Waals surface area contributed by atoms with Crippen molar-refractivity contribution < 1.29 is 4.74 Å². The first-order valence-electron chi connectivity index (χ1n) is 8.03. The Balaban J connectivity index is 1.77. The van der Waals surface area contributed by atoms with E-state index in [2.05, 4.69) is 34.6 Å². The van der Waals surface area contributed by atoms with Crippen molar-refractivity contribution in [2.24, 2.45) is 5.92 Å². The summed E-state index contributed by atoms with van der Waals surface area (Å²) in [7, 11) is 1.97. The van der Waals surface area contributed by atoms with E-state index < -0.39 is 0 Å². The van der Waals surface area contributed by atoms with Crippen LogP contribution in [0.25, 0.3) is 10.9 Å². The van der Waals surface area contributed by atoms with Crippen molar-refractivity contribution in [3.8, 4) is 5.88 Å². The van der Waals surface area contributed by atoms with Crippen LogP contribution >= 0.6 is 0 Å². The number of benzene rings is 1. The van der Waals surface area contributed by atoms with E-state index in [1.165, 1.54) is 43.1 Å². The first-order chi connectivity index (χ1) is 10.4. The molecule has 1 aromatic heterocycles. The fraction of sp³-hybridized carbons (Fsp3) is 0.500. The van der Waals surface area contributed by atoms with E-state index in [0.717, 1.165) is 24.5 Å². The molecular weight excluding hydrogens is 260 g/mol. The second-order valence-electron chi connectivity index (χ2n) is 5.98. The fourth-order valence-electron chi connectivity index (χ4n) is 3.19. The van der Waals surface area contributed by atoms with Crippen LogP contribution in [-0.4, -0.2) is 18.6 Å². The van der Waals surface area contributed by atoms with Crippen LogP contribution < -0.4 is 10.1 Å². The molecule has 0 atom stereocenters. The molecule has 3 nitrogen and oxygen atoms in total. The highest BCUT2D eigenvalue weighted by Crippen LogP contribution is 2.26. The first-order valence-corrected chi connectivity index (χ1v) is 8.03. The lowest BCUT2D eigenvalue weighted by Crippen LogP contribution is -2.16. The average Bonchev–Trinajstić information content (AvgIpc) is 2.54. The molecule has 1 heterocycles. The van der Waals surface area contributed by atoms with E-state index in [0.29, 0.717) is 5.92 Å². The van der Waals surface area contributed by atoms with Gasteiger partial charge in [0, 0.05) is 18.0 Å². The van der Waals surface area contributed by atoms with Gasteiger partial charge in [-0.05, 0) is 37.4 Å². The number of nitrogens with zero attached hydrogens (tertiary/aromatic N) is 1. The van der Waals surface area contributed by atoms with Crippen LogP contribution in [0.4, 0.5) is 0 Å². The zero-order valence-corrected chi connectivity index (χ0v) is 12.8. The van der Waals surface area contributed by atoms with Gasteiger partial charge in [-0.1, -0.05) is 37.5 Å². The van der Waals surface area contributed by atoms with Gasteiger partial charge in [0.05, 0.1) is 12.1 Å². The standard InChI is InChI=1S/C18H24N2O/c1-19-12-15-11-18(20-17-10-6-5-9-16(15)17)21-13-14-7-3-2-4-8-14/h5-6,9-11,14,19H,2-4,7-8,12-13H2,1H3. The molecule has 0 aliphatic heterocycles. The highest BCUT2D eigenvalue weighted by Gasteiger charge is 2.14. The molecule has 0 bridgehead atoms. The number of para-hydroxylation sites is 1. The fourth-order valence-corrected chi connectivity index (χ4v) is 3.19. The number of nitrogens with one attached hydrogen (secondary N) is 1. The Morgan fingerprint density at radius 2 is 2.00 bits per heavy atom. The zero-order chi connectivity index (χ0) is 14.5. The van der Waals surface area contributed by atoms with Gasteiger partial charge in [-0.25, -0.2) is 4.98 Å². The molecule has 1 N–H and O–H groups in total. The van der Waals surface area contributed by atoms with Crippen LogP contribution in [0.15, 0.2) is 30.3 Å². The van der Waals surface area contributed by atoms with Gasteiger partial charge in [-0.2, -0.15) is 0 Å². The van der Waals surface area contributed by atoms with Crippen LogP contribution in [0, 0.1) is 5.92 Å². The summed E-state index contributed by atoms with van der Waals surface area (Å²) >= 11 is 0. The molecular formula is C18H24N2O. The number of aromatic nitrogens is 1. The second kappa shape index (κ2) is 6.90. The Bertz CT molecular complexity index is 591. The molecule has 21 heavy (non-hydrogen) atoms. The van der Waals surface area contributed by atoms with Crippen LogP contribution in [0.1, 0.15) is 37.7 Å². The molecule has 0 saturated heterocycles. The molecule has 0 spiro atoms. The molecule has 0 unspecified atom stereocenters.